The summed E-state index contributed by atoms with van der Waals surface area (Å²) in [6, 6.07) is 14.9. The summed E-state index contributed by atoms with van der Waals surface area (Å²) in [5, 5.41) is 5.52. The molecule has 0 aliphatic heterocycles. The van der Waals surface area contributed by atoms with Gasteiger partial charge in [-0.3, -0.25) is 9.59 Å². The molecule has 0 aliphatic rings. The van der Waals surface area contributed by atoms with E-state index in [4.69, 9.17) is 11.5 Å². The summed E-state index contributed by atoms with van der Waals surface area (Å²) in [6.45, 7) is 4.46. The van der Waals surface area contributed by atoms with Crippen LogP contribution >= 0.6 is 24.0 Å². The van der Waals surface area contributed by atoms with Gasteiger partial charge >= 0.3 is 0 Å². The Morgan fingerprint density at radius 2 is 1.75 bits per heavy atom. The van der Waals surface area contributed by atoms with Crippen LogP contribution in [0.15, 0.2) is 53.5 Å². The molecule has 0 radical (unpaired) electrons. The Balaban J connectivity index is 0.00000392. The summed E-state index contributed by atoms with van der Waals surface area (Å²) >= 11 is 0. The quantitative estimate of drug-likeness (QED) is 0.268. The largest absolute Gasteiger partial charge is 0.370 e. The van der Waals surface area contributed by atoms with Crippen LogP contribution in [0.25, 0.3) is 0 Å². The third-order valence-corrected chi connectivity index (χ3v) is 3.90. The summed E-state index contributed by atoms with van der Waals surface area (Å²) in [5.41, 5.74) is 14.4. The second-order valence-corrected chi connectivity index (χ2v) is 6.45. The van der Waals surface area contributed by atoms with Crippen molar-refractivity contribution in [1.82, 2.24) is 5.32 Å². The Morgan fingerprint density at radius 3 is 2.36 bits per heavy atom. The minimum Gasteiger partial charge on any atom is -0.370 e. The maximum atomic E-state index is 11.8. The summed E-state index contributed by atoms with van der Waals surface area (Å²) in [5.74, 6) is -0.186. The molecule has 2 amide bonds. The number of hydrogen-bond acceptors (Lipinski definition) is 3. The Bertz CT molecular complexity index is 835. The van der Waals surface area contributed by atoms with Crippen LogP contribution in [0.2, 0.25) is 0 Å². The number of amides is 2. The molecule has 2 aromatic rings. The van der Waals surface area contributed by atoms with Gasteiger partial charge in [0.25, 0.3) is 5.91 Å². The van der Waals surface area contributed by atoms with E-state index in [0.717, 1.165) is 11.3 Å². The summed E-state index contributed by atoms with van der Waals surface area (Å²) in [7, 11) is 0. The zero-order valence-corrected chi connectivity index (χ0v) is 18.3. The number of benzene rings is 2. The molecular weight excluding hydrogens is 469 g/mol. The standard InChI is InChI=1S/C20H25N5O2.HI/c1-13(2)16-4-3-5-17(10-16)25-20(22)24-11-14-6-8-15(9-7-14)19(27)23-12-18(21)26;/h3-10,13H,11-12H2,1-2H3,(H2,21,26)(H,23,27)(H3,22,24,25);1H. The molecule has 0 saturated carbocycles. The molecule has 0 atom stereocenters. The second-order valence-electron chi connectivity index (χ2n) is 6.45. The van der Waals surface area contributed by atoms with Gasteiger partial charge in [-0.2, -0.15) is 0 Å². The van der Waals surface area contributed by atoms with Crippen molar-refractivity contribution in [1.29, 1.82) is 0 Å². The number of guanidine groups is 1. The van der Waals surface area contributed by atoms with Crippen LogP contribution in [0.4, 0.5) is 5.69 Å². The van der Waals surface area contributed by atoms with Crippen molar-refractivity contribution in [2.45, 2.75) is 26.3 Å². The number of aliphatic imine (C=N–C) groups is 1. The number of nitrogens with two attached hydrogens (primary N) is 2. The fourth-order valence-corrected chi connectivity index (χ4v) is 2.37. The number of carbonyl (C=O) groups excluding carboxylic acids is 2. The van der Waals surface area contributed by atoms with Gasteiger partial charge in [0.2, 0.25) is 5.91 Å². The van der Waals surface area contributed by atoms with E-state index in [9.17, 15) is 9.59 Å². The fraction of sp³-hybridized carbons (Fsp3) is 0.250. The van der Waals surface area contributed by atoms with E-state index in [1.165, 1.54) is 5.56 Å². The van der Waals surface area contributed by atoms with E-state index in [-0.39, 0.29) is 36.4 Å². The monoisotopic (exact) mass is 495 g/mol. The van der Waals surface area contributed by atoms with Gasteiger partial charge in [0, 0.05) is 11.3 Å². The number of nitrogens with one attached hydrogen (secondary N) is 2. The van der Waals surface area contributed by atoms with Gasteiger partial charge in [0.05, 0.1) is 13.1 Å². The Kier molecular flexibility index (Phi) is 9.43. The Hall–Kier alpha value is -2.62. The van der Waals surface area contributed by atoms with E-state index in [1.54, 1.807) is 24.3 Å². The van der Waals surface area contributed by atoms with Crippen LogP contribution in [0.5, 0.6) is 0 Å². The molecule has 0 bridgehead atoms. The maximum absolute atomic E-state index is 11.8. The van der Waals surface area contributed by atoms with Crippen molar-refractivity contribution in [3.05, 3.63) is 65.2 Å². The van der Waals surface area contributed by atoms with E-state index < -0.39 is 5.91 Å². The predicted octanol–water partition coefficient (Wildman–Crippen LogP) is 2.57. The molecule has 150 valence electrons. The molecule has 0 aromatic heterocycles. The molecule has 0 saturated heterocycles. The Labute approximate surface area is 182 Å². The number of nitrogens with zero attached hydrogens (tertiary/aromatic N) is 1. The van der Waals surface area contributed by atoms with Crippen LogP contribution in [-0.4, -0.2) is 24.3 Å². The highest BCUT2D eigenvalue weighted by Gasteiger charge is 2.06. The molecular formula is C20H26IN5O2. The SMILES string of the molecule is CC(C)c1cccc(NC(N)=NCc2ccc(C(=O)NCC(N)=O)cc2)c1.I. The van der Waals surface area contributed by atoms with Gasteiger partial charge in [0.1, 0.15) is 0 Å². The van der Waals surface area contributed by atoms with Crippen molar-refractivity contribution < 1.29 is 9.59 Å². The van der Waals surface area contributed by atoms with E-state index in [2.05, 4.69) is 35.5 Å². The van der Waals surface area contributed by atoms with E-state index >= 15 is 0 Å². The van der Waals surface area contributed by atoms with E-state index in [0.29, 0.717) is 24.0 Å². The lowest BCUT2D eigenvalue weighted by atomic mass is 10.0. The summed E-state index contributed by atoms with van der Waals surface area (Å²) in [6.07, 6.45) is 0. The number of anilines is 1. The highest BCUT2D eigenvalue weighted by molar-refractivity contribution is 14.0. The molecule has 6 N–H and O–H groups in total. The van der Waals surface area contributed by atoms with Crippen LogP contribution < -0.4 is 22.1 Å². The molecule has 7 nitrogen and oxygen atoms in total. The van der Waals surface area contributed by atoms with Crippen LogP contribution in [0.1, 0.15) is 41.3 Å². The van der Waals surface area contributed by atoms with Crippen LogP contribution in [0, 0.1) is 0 Å². The zero-order chi connectivity index (χ0) is 19.8. The minimum atomic E-state index is -0.587. The maximum Gasteiger partial charge on any atom is 0.251 e. The normalized spacial score (nSPS) is 10.9. The first-order valence-electron chi connectivity index (χ1n) is 8.67. The molecule has 0 unspecified atom stereocenters. The minimum absolute atomic E-state index is 0. The molecule has 0 fully saturated rings. The molecule has 2 aromatic carbocycles. The van der Waals surface area contributed by atoms with Crippen molar-refractivity contribution in [2.75, 3.05) is 11.9 Å². The third kappa shape index (κ3) is 7.55. The van der Waals surface area contributed by atoms with Gasteiger partial charge in [-0.25, -0.2) is 4.99 Å². The highest BCUT2D eigenvalue weighted by Crippen LogP contribution is 2.18. The lowest BCUT2D eigenvalue weighted by Crippen LogP contribution is -2.33. The first-order chi connectivity index (χ1) is 12.8. The lowest BCUT2D eigenvalue weighted by molar-refractivity contribution is -0.117. The van der Waals surface area contributed by atoms with Crippen LogP contribution in [-0.2, 0) is 11.3 Å². The van der Waals surface area contributed by atoms with Gasteiger partial charge in [-0.15, -0.1) is 24.0 Å². The average Bonchev–Trinajstić information content (AvgIpc) is 2.65. The van der Waals surface area contributed by atoms with Crippen molar-refractivity contribution in [3.8, 4) is 0 Å². The zero-order valence-electron chi connectivity index (χ0n) is 15.9. The first kappa shape index (κ1) is 23.4. The molecule has 8 heteroatoms. The fourth-order valence-electron chi connectivity index (χ4n) is 2.37. The van der Waals surface area contributed by atoms with Gasteiger partial charge in [-0.1, -0.05) is 38.1 Å². The summed E-state index contributed by atoms with van der Waals surface area (Å²) in [4.78, 5) is 26.8. The second kappa shape index (κ2) is 11.3. The predicted molar refractivity (Wildman–Crippen MR) is 123 cm³/mol. The molecule has 0 aliphatic carbocycles. The average molecular weight is 495 g/mol. The molecule has 0 heterocycles. The van der Waals surface area contributed by atoms with Gasteiger partial charge < -0.3 is 22.1 Å². The smallest absolute Gasteiger partial charge is 0.251 e. The van der Waals surface area contributed by atoms with Crippen molar-refractivity contribution in [3.63, 3.8) is 0 Å². The number of halogens is 1. The lowest BCUT2D eigenvalue weighted by Gasteiger charge is -2.10. The molecule has 0 spiro atoms. The topological polar surface area (TPSA) is 123 Å². The number of rotatable bonds is 7. The number of hydrogen-bond donors (Lipinski definition) is 4. The first-order valence-corrected chi connectivity index (χ1v) is 8.67. The highest BCUT2D eigenvalue weighted by atomic mass is 127. The molecule has 2 rings (SSSR count). The summed E-state index contributed by atoms with van der Waals surface area (Å²) < 4.78 is 0. The Morgan fingerprint density at radius 1 is 1.07 bits per heavy atom. The number of primary amides is 1. The van der Waals surface area contributed by atoms with Crippen molar-refractivity contribution >= 4 is 47.4 Å². The van der Waals surface area contributed by atoms with Gasteiger partial charge in [0.15, 0.2) is 5.96 Å². The van der Waals surface area contributed by atoms with E-state index in [1.807, 2.05) is 18.2 Å². The van der Waals surface area contributed by atoms with Crippen LogP contribution in [0.3, 0.4) is 0 Å². The van der Waals surface area contributed by atoms with Gasteiger partial charge in [-0.05, 0) is 41.3 Å². The third-order valence-electron chi connectivity index (χ3n) is 3.90. The molecule has 28 heavy (non-hydrogen) atoms. The van der Waals surface area contributed by atoms with Crippen molar-refractivity contribution in [2.24, 2.45) is 16.5 Å². The number of carbonyl (C=O) groups is 2.